The summed E-state index contributed by atoms with van der Waals surface area (Å²) in [5, 5.41) is 20.5. The smallest absolute Gasteiger partial charge is 0.123 e. The molecule has 3 rings (SSSR count). The highest BCUT2D eigenvalue weighted by molar-refractivity contribution is 5.72. The van der Waals surface area contributed by atoms with E-state index < -0.39 is 0 Å². The van der Waals surface area contributed by atoms with Crippen molar-refractivity contribution in [2.75, 3.05) is 0 Å². The molecule has 0 radical (unpaired) electrons. The summed E-state index contributed by atoms with van der Waals surface area (Å²) in [4.78, 5) is 0. The van der Waals surface area contributed by atoms with Crippen molar-refractivity contribution in [2.45, 2.75) is 12.8 Å². The highest BCUT2D eigenvalue weighted by Gasteiger charge is 2.10. The van der Waals surface area contributed by atoms with E-state index in [1.54, 1.807) is 12.1 Å². The maximum Gasteiger partial charge on any atom is 0.123 e. The molecule has 0 atom stereocenters. The number of aromatic hydroxyl groups is 2. The monoisotopic (exact) mass is 290 g/mol. The predicted molar refractivity (Wildman–Crippen MR) is 89.1 cm³/mol. The maximum atomic E-state index is 10.3. The van der Waals surface area contributed by atoms with Crippen molar-refractivity contribution in [3.05, 3.63) is 83.9 Å². The zero-order valence-electron chi connectivity index (χ0n) is 12.2. The number of rotatable bonds is 4. The summed E-state index contributed by atoms with van der Waals surface area (Å²) in [5.74, 6) is 0.430. The number of phenols is 2. The first-order valence-corrected chi connectivity index (χ1v) is 7.38. The Morgan fingerprint density at radius 3 is 1.95 bits per heavy atom. The zero-order valence-corrected chi connectivity index (χ0v) is 12.2. The highest BCUT2D eigenvalue weighted by Crippen LogP contribution is 2.35. The predicted octanol–water partition coefficient (Wildman–Crippen LogP) is 4.55. The Labute approximate surface area is 130 Å². The van der Waals surface area contributed by atoms with E-state index in [9.17, 15) is 10.2 Å². The molecule has 0 aliphatic heterocycles. The number of benzene rings is 3. The molecule has 0 fully saturated rings. The Bertz CT molecular complexity index is 749. The van der Waals surface area contributed by atoms with Crippen molar-refractivity contribution in [3.8, 4) is 22.6 Å². The van der Waals surface area contributed by atoms with Crippen LogP contribution in [0.15, 0.2) is 72.8 Å². The zero-order chi connectivity index (χ0) is 15.4. The summed E-state index contributed by atoms with van der Waals surface area (Å²) in [6.45, 7) is 0. The molecule has 0 heterocycles. The van der Waals surface area contributed by atoms with Crippen molar-refractivity contribution < 1.29 is 10.2 Å². The minimum Gasteiger partial charge on any atom is -0.508 e. The second-order valence-corrected chi connectivity index (χ2v) is 5.35. The van der Waals surface area contributed by atoms with Crippen LogP contribution in [0.5, 0.6) is 11.5 Å². The molecular weight excluding hydrogens is 272 g/mol. The first kappa shape index (κ1) is 14.2. The van der Waals surface area contributed by atoms with E-state index in [0.717, 1.165) is 17.5 Å². The van der Waals surface area contributed by atoms with Crippen LogP contribution < -0.4 is 0 Å². The van der Waals surface area contributed by atoms with Crippen molar-refractivity contribution >= 4 is 0 Å². The van der Waals surface area contributed by atoms with Crippen molar-refractivity contribution in [2.24, 2.45) is 0 Å². The molecule has 0 saturated carbocycles. The summed E-state index contributed by atoms with van der Waals surface area (Å²) in [7, 11) is 0. The van der Waals surface area contributed by atoms with E-state index >= 15 is 0 Å². The fraction of sp³-hybridized carbons (Fsp3) is 0.100. The molecule has 3 aromatic rings. The van der Waals surface area contributed by atoms with Gasteiger partial charge in [0.25, 0.3) is 0 Å². The molecule has 2 nitrogen and oxygen atoms in total. The summed E-state index contributed by atoms with van der Waals surface area (Å²) in [6, 6.07) is 23.0. The molecule has 2 heteroatoms. The fourth-order valence-corrected chi connectivity index (χ4v) is 2.59. The Morgan fingerprint density at radius 1 is 0.636 bits per heavy atom. The van der Waals surface area contributed by atoms with Gasteiger partial charge in [-0.15, -0.1) is 0 Å². The maximum absolute atomic E-state index is 10.3. The Hall–Kier alpha value is -2.74. The lowest BCUT2D eigenvalue weighted by Crippen LogP contribution is -1.92. The van der Waals surface area contributed by atoms with Crippen LogP contribution in [0.3, 0.4) is 0 Å². The van der Waals surface area contributed by atoms with Gasteiger partial charge in [0.05, 0.1) is 0 Å². The Balaban J connectivity index is 1.84. The topological polar surface area (TPSA) is 40.5 Å². The summed E-state index contributed by atoms with van der Waals surface area (Å²) < 4.78 is 0. The Kier molecular flexibility index (Phi) is 4.10. The van der Waals surface area contributed by atoms with Crippen LogP contribution in [0.4, 0.5) is 0 Å². The van der Waals surface area contributed by atoms with Gasteiger partial charge in [-0.25, -0.2) is 0 Å². The molecule has 0 unspecified atom stereocenters. The van der Waals surface area contributed by atoms with Crippen LogP contribution >= 0.6 is 0 Å². The van der Waals surface area contributed by atoms with E-state index in [-0.39, 0.29) is 11.5 Å². The molecule has 0 amide bonds. The molecule has 0 spiro atoms. The van der Waals surface area contributed by atoms with E-state index in [4.69, 9.17) is 0 Å². The van der Waals surface area contributed by atoms with Crippen LogP contribution in [0.1, 0.15) is 11.1 Å². The van der Waals surface area contributed by atoms with Crippen molar-refractivity contribution in [1.82, 2.24) is 0 Å². The summed E-state index contributed by atoms with van der Waals surface area (Å²) in [5.41, 5.74) is 3.53. The van der Waals surface area contributed by atoms with Crippen molar-refractivity contribution in [3.63, 3.8) is 0 Å². The summed E-state index contributed by atoms with van der Waals surface area (Å²) in [6.07, 6.45) is 1.52. The average molecular weight is 290 g/mol. The molecule has 3 aromatic carbocycles. The molecule has 2 N–H and O–H groups in total. The van der Waals surface area contributed by atoms with Gasteiger partial charge in [-0.1, -0.05) is 60.7 Å². The van der Waals surface area contributed by atoms with Gasteiger partial charge in [-0.3, -0.25) is 0 Å². The molecule has 0 aliphatic rings. The van der Waals surface area contributed by atoms with Crippen LogP contribution in [0, 0.1) is 0 Å². The molecule has 0 aromatic heterocycles. The molecular formula is C20H18O2. The van der Waals surface area contributed by atoms with Gasteiger partial charge in [0.2, 0.25) is 0 Å². The number of phenolic OH excluding ortho intramolecular Hbond substituents is 2. The lowest BCUT2D eigenvalue weighted by molar-refractivity contribution is 0.455. The van der Waals surface area contributed by atoms with Crippen LogP contribution in [0.25, 0.3) is 11.1 Å². The third kappa shape index (κ3) is 3.12. The molecule has 22 heavy (non-hydrogen) atoms. The van der Waals surface area contributed by atoms with Gasteiger partial charge < -0.3 is 10.2 Å². The van der Waals surface area contributed by atoms with Crippen LogP contribution in [-0.2, 0) is 12.8 Å². The van der Waals surface area contributed by atoms with Gasteiger partial charge in [-0.2, -0.15) is 0 Å². The molecule has 0 bridgehead atoms. The van der Waals surface area contributed by atoms with Gasteiger partial charge >= 0.3 is 0 Å². The van der Waals surface area contributed by atoms with E-state index in [1.165, 1.54) is 5.56 Å². The van der Waals surface area contributed by atoms with Gasteiger partial charge in [0.1, 0.15) is 11.5 Å². The highest BCUT2D eigenvalue weighted by atomic mass is 16.3. The number of hydrogen-bond donors (Lipinski definition) is 2. The van der Waals surface area contributed by atoms with E-state index in [1.807, 2.05) is 48.5 Å². The van der Waals surface area contributed by atoms with Crippen LogP contribution in [-0.4, -0.2) is 10.2 Å². The van der Waals surface area contributed by atoms with Crippen molar-refractivity contribution in [1.29, 1.82) is 0 Å². The SMILES string of the molecule is Oc1cc(-c2ccccc2)c(O)cc1CCc1ccccc1. The molecule has 0 saturated heterocycles. The van der Waals surface area contributed by atoms with E-state index in [0.29, 0.717) is 12.0 Å². The second kappa shape index (κ2) is 6.35. The van der Waals surface area contributed by atoms with E-state index in [2.05, 4.69) is 12.1 Å². The third-order valence-corrected chi connectivity index (χ3v) is 3.81. The first-order chi connectivity index (χ1) is 10.7. The average Bonchev–Trinajstić information content (AvgIpc) is 2.57. The third-order valence-electron chi connectivity index (χ3n) is 3.81. The lowest BCUT2D eigenvalue weighted by Gasteiger charge is -2.10. The van der Waals surface area contributed by atoms with Crippen LogP contribution in [0.2, 0.25) is 0 Å². The number of aryl methyl sites for hydroxylation is 2. The Morgan fingerprint density at radius 2 is 1.27 bits per heavy atom. The van der Waals surface area contributed by atoms with Gasteiger partial charge in [-0.05, 0) is 41.7 Å². The van der Waals surface area contributed by atoms with Gasteiger partial charge in [0, 0.05) is 5.56 Å². The fourth-order valence-electron chi connectivity index (χ4n) is 2.59. The largest absolute Gasteiger partial charge is 0.508 e. The number of hydrogen-bond acceptors (Lipinski definition) is 2. The quantitative estimate of drug-likeness (QED) is 0.692. The van der Waals surface area contributed by atoms with Gasteiger partial charge in [0.15, 0.2) is 0 Å². The molecule has 110 valence electrons. The minimum absolute atomic E-state index is 0.201. The minimum atomic E-state index is 0.201. The normalized spacial score (nSPS) is 10.5. The standard InChI is InChI=1S/C20H18O2/c21-19-14-18(16-9-5-2-6-10-16)20(22)13-17(19)12-11-15-7-3-1-4-8-15/h1-10,13-14,21-22H,11-12H2. The second-order valence-electron chi connectivity index (χ2n) is 5.35. The summed E-state index contributed by atoms with van der Waals surface area (Å²) >= 11 is 0. The molecule has 0 aliphatic carbocycles. The first-order valence-electron chi connectivity index (χ1n) is 7.38. The lowest BCUT2D eigenvalue weighted by atomic mass is 9.98.